The number of hydrogen-bond donors (Lipinski definition) is 1. The quantitative estimate of drug-likeness (QED) is 0.922. The largest absolute Gasteiger partial charge is 0.451 e. The fourth-order valence-corrected chi connectivity index (χ4v) is 3.66. The van der Waals surface area contributed by atoms with Crippen molar-refractivity contribution in [2.75, 3.05) is 6.54 Å². The molecule has 1 N–H and O–H groups in total. The third-order valence-corrected chi connectivity index (χ3v) is 4.66. The lowest BCUT2D eigenvalue weighted by Gasteiger charge is -2.05. The first-order valence-corrected chi connectivity index (χ1v) is 7.81. The second-order valence-electron chi connectivity index (χ2n) is 3.66. The van der Waals surface area contributed by atoms with Gasteiger partial charge in [0.15, 0.2) is 0 Å². The molecule has 2 aromatic rings. The predicted molar refractivity (Wildman–Crippen MR) is 67.8 cm³/mol. The summed E-state index contributed by atoms with van der Waals surface area (Å²) in [6.07, 6.45) is -1.49. The third kappa shape index (κ3) is 2.70. The zero-order chi connectivity index (χ0) is 14.0. The Bertz CT molecular complexity index is 661. The molecule has 0 aliphatic heterocycles. The monoisotopic (exact) mass is 307 g/mol. The highest BCUT2D eigenvalue weighted by Crippen LogP contribution is 2.37. The fraction of sp³-hybridized carbons (Fsp3) is 0.273. The second-order valence-corrected chi connectivity index (χ2v) is 6.07. The van der Waals surface area contributed by atoms with Crippen LogP contribution >= 0.6 is 11.3 Å². The molecule has 0 saturated carbocycles. The van der Waals surface area contributed by atoms with Crippen LogP contribution in [0.1, 0.15) is 18.9 Å². The molecule has 0 aliphatic rings. The molecule has 0 unspecified atom stereocenters. The number of thiophene rings is 1. The van der Waals surface area contributed by atoms with Gasteiger partial charge < -0.3 is 4.42 Å². The third-order valence-electron chi connectivity index (χ3n) is 2.43. The fourth-order valence-electron chi connectivity index (χ4n) is 1.65. The van der Waals surface area contributed by atoms with E-state index < -0.39 is 16.4 Å². The van der Waals surface area contributed by atoms with Gasteiger partial charge >= 0.3 is 0 Å². The Kier molecular flexibility index (Phi) is 4.02. The van der Waals surface area contributed by atoms with Crippen molar-refractivity contribution in [3.8, 4) is 11.1 Å². The van der Waals surface area contributed by atoms with Crippen LogP contribution in [-0.2, 0) is 10.0 Å². The van der Waals surface area contributed by atoms with E-state index in [4.69, 9.17) is 4.42 Å². The van der Waals surface area contributed by atoms with Gasteiger partial charge in [0.2, 0.25) is 5.09 Å². The molecule has 0 aromatic carbocycles. The van der Waals surface area contributed by atoms with E-state index in [0.29, 0.717) is 0 Å². The molecule has 0 spiro atoms. The minimum absolute atomic E-state index is 0.150. The minimum Gasteiger partial charge on any atom is -0.451 e. The van der Waals surface area contributed by atoms with Gasteiger partial charge in [-0.1, -0.05) is 6.92 Å². The van der Waals surface area contributed by atoms with Gasteiger partial charge in [0, 0.05) is 28.6 Å². The van der Waals surface area contributed by atoms with Crippen molar-refractivity contribution >= 4 is 21.4 Å². The minimum atomic E-state index is -3.82. The van der Waals surface area contributed by atoms with E-state index >= 15 is 0 Å². The Morgan fingerprint density at radius 2 is 2.11 bits per heavy atom. The first kappa shape index (κ1) is 14.2. The lowest BCUT2D eigenvalue weighted by atomic mass is 10.1. The number of rotatable bonds is 5. The molecule has 19 heavy (non-hydrogen) atoms. The van der Waals surface area contributed by atoms with Gasteiger partial charge in [-0.3, -0.25) is 0 Å². The molecule has 0 saturated heterocycles. The van der Waals surface area contributed by atoms with Gasteiger partial charge in [-0.25, -0.2) is 21.9 Å². The Morgan fingerprint density at radius 1 is 1.37 bits per heavy atom. The highest BCUT2D eigenvalue weighted by molar-refractivity contribution is 7.89. The normalized spacial score (nSPS) is 12.2. The molecule has 0 bridgehead atoms. The van der Waals surface area contributed by atoms with Crippen molar-refractivity contribution in [1.29, 1.82) is 0 Å². The van der Waals surface area contributed by atoms with Gasteiger partial charge in [0.05, 0.1) is 6.26 Å². The van der Waals surface area contributed by atoms with Crippen LogP contribution in [0.5, 0.6) is 0 Å². The van der Waals surface area contributed by atoms with Crippen LogP contribution in [0.3, 0.4) is 0 Å². The molecular formula is C11H11F2NO3S2. The topological polar surface area (TPSA) is 59.3 Å². The van der Waals surface area contributed by atoms with Gasteiger partial charge in [-0.05, 0) is 11.4 Å². The number of alkyl halides is 2. The highest BCUT2D eigenvalue weighted by Gasteiger charge is 2.26. The van der Waals surface area contributed by atoms with E-state index in [-0.39, 0.29) is 28.3 Å². The summed E-state index contributed by atoms with van der Waals surface area (Å²) in [6.45, 7) is 1.81. The van der Waals surface area contributed by atoms with Crippen LogP contribution in [0.25, 0.3) is 11.1 Å². The van der Waals surface area contributed by atoms with E-state index in [1.54, 1.807) is 6.92 Å². The Morgan fingerprint density at radius 3 is 2.74 bits per heavy atom. The molecule has 0 fully saturated rings. The molecule has 0 aliphatic carbocycles. The number of halogens is 2. The molecule has 0 atom stereocenters. The highest BCUT2D eigenvalue weighted by atomic mass is 32.2. The number of sulfonamides is 1. The van der Waals surface area contributed by atoms with Gasteiger partial charge in [-0.15, -0.1) is 0 Å². The number of nitrogens with one attached hydrogen (secondary N) is 1. The average molecular weight is 307 g/mol. The molecule has 2 rings (SSSR count). The zero-order valence-corrected chi connectivity index (χ0v) is 11.5. The van der Waals surface area contributed by atoms with Crippen LogP contribution in [0.2, 0.25) is 0 Å². The Labute approximate surface area is 113 Å². The first-order valence-electron chi connectivity index (χ1n) is 5.39. The molecule has 0 radical (unpaired) electrons. The summed E-state index contributed by atoms with van der Waals surface area (Å²) in [5.41, 5.74) is 0.141. The molecule has 104 valence electrons. The summed E-state index contributed by atoms with van der Waals surface area (Å²) in [6, 6.07) is 1.37. The molecular weight excluding hydrogens is 296 g/mol. The SMILES string of the molecule is CCNS(=O)(=O)c1occc1-c1cscc1C(F)F. The lowest BCUT2D eigenvalue weighted by Crippen LogP contribution is -2.23. The van der Waals surface area contributed by atoms with Crippen LogP contribution in [-0.4, -0.2) is 15.0 Å². The van der Waals surface area contributed by atoms with Crippen molar-refractivity contribution in [3.63, 3.8) is 0 Å². The summed E-state index contributed by atoms with van der Waals surface area (Å²) >= 11 is 1.09. The van der Waals surface area contributed by atoms with Crippen molar-refractivity contribution < 1.29 is 21.6 Å². The molecule has 8 heteroatoms. The van der Waals surface area contributed by atoms with E-state index in [1.165, 1.54) is 23.1 Å². The molecule has 0 amide bonds. The van der Waals surface area contributed by atoms with Crippen LogP contribution in [0.4, 0.5) is 8.78 Å². The summed E-state index contributed by atoms with van der Waals surface area (Å²) < 4.78 is 56.7. The maximum Gasteiger partial charge on any atom is 0.274 e. The Balaban J connectivity index is 2.54. The molecule has 2 heterocycles. The summed E-state index contributed by atoms with van der Waals surface area (Å²) in [7, 11) is -3.82. The van der Waals surface area contributed by atoms with Gasteiger partial charge in [-0.2, -0.15) is 11.3 Å². The zero-order valence-electron chi connectivity index (χ0n) is 9.89. The second kappa shape index (κ2) is 5.40. The van der Waals surface area contributed by atoms with Crippen LogP contribution in [0.15, 0.2) is 32.6 Å². The summed E-state index contributed by atoms with van der Waals surface area (Å²) in [4.78, 5) is 0. The van der Waals surface area contributed by atoms with Crippen molar-refractivity contribution in [2.45, 2.75) is 18.4 Å². The summed E-state index contributed by atoms with van der Waals surface area (Å²) in [5.74, 6) is 0. The maximum atomic E-state index is 12.8. The van der Waals surface area contributed by atoms with E-state index in [2.05, 4.69) is 4.72 Å². The standard InChI is InChI=1S/C11H11F2NO3S2/c1-2-14-19(15,16)11-7(3-4-17-11)8-5-18-6-9(8)10(12)13/h3-6,10,14H,2H2,1H3. The lowest BCUT2D eigenvalue weighted by molar-refractivity contribution is 0.152. The smallest absolute Gasteiger partial charge is 0.274 e. The van der Waals surface area contributed by atoms with Gasteiger partial charge in [0.25, 0.3) is 16.4 Å². The van der Waals surface area contributed by atoms with Crippen LogP contribution < -0.4 is 4.72 Å². The predicted octanol–water partition coefficient (Wildman–Crippen LogP) is 3.24. The van der Waals surface area contributed by atoms with Crippen LogP contribution in [0, 0.1) is 0 Å². The average Bonchev–Trinajstić information content (AvgIpc) is 2.97. The van der Waals surface area contributed by atoms with E-state index in [0.717, 1.165) is 11.3 Å². The number of furan rings is 1. The number of hydrogen-bond acceptors (Lipinski definition) is 4. The van der Waals surface area contributed by atoms with Gasteiger partial charge in [0.1, 0.15) is 0 Å². The van der Waals surface area contributed by atoms with Crippen molar-refractivity contribution in [1.82, 2.24) is 4.72 Å². The van der Waals surface area contributed by atoms with Crippen molar-refractivity contribution in [3.05, 3.63) is 28.7 Å². The summed E-state index contributed by atoms with van der Waals surface area (Å²) in [5, 5.41) is 2.45. The van der Waals surface area contributed by atoms with E-state index in [1.807, 2.05) is 0 Å². The van der Waals surface area contributed by atoms with E-state index in [9.17, 15) is 17.2 Å². The first-order chi connectivity index (χ1) is 8.97. The molecule has 4 nitrogen and oxygen atoms in total. The maximum absolute atomic E-state index is 12.8. The molecule has 2 aromatic heterocycles. The van der Waals surface area contributed by atoms with Crippen molar-refractivity contribution in [2.24, 2.45) is 0 Å². The Hall–Kier alpha value is -1.25.